The molecule has 0 aromatic heterocycles. The van der Waals surface area contributed by atoms with E-state index < -0.39 is 0 Å². The van der Waals surface area contributed by atoms with Crippen LogP contribution < -0.4 is 0 Å². The molecule has 0 aromatic rings. The summed E-state index contributed by atoms with van der Waals surface area (Å²) in [4.78, 5) is 2.22. The smallest absolute Gasteiger partial charge is 0.0701 e. The summed E-state index contributed by atoms with van der Waals surface area (Å²) in [7, 11) is 2.09. The first-order valence-electron chi connectivity index (χ1n) is 7.80. The van der Waals surface area contributed by atoms with Gasteiger partial charge in [0.1, 0.15) is 0 Å². The van der Waals surface area contributed by atoms with Gasteiger partial charge in [0.2, 0.25) is 0 Å². The molecule has 0 radical (unpaired) electrons. The predicted molar refractivity (Wildman–Crippen MR) is 81.4 cm³/mol. The van der Waals surface area contributed by atoms with Crippen molar-refractivity contribution in [3.63, 3.8) is 0 Å². The topological polar surface area (TPSA) is 40.2 Å². The molecule has 0 N–H and O–H groups in total. The zero-order valence-electron chi connectivity index (χ0n) is 13.6. The largest absolute Gasteiger partial charge is 0.379 e. The third-order valence-electron chi connectivity index (χ3n) is 2.92. The highest BCUT2D eigenvalue weighted by atomic mass is 16.6. The number of ether oxygens (including phenoxy) is 4. The van der Waals surface area contributed by atoms with Crippen LogP contribution in [0.25, 0.3) is 0 Å². The molecule has 0 unspecified atom stereocenters. The van der Waals surface area contributed by atoms with Crippen molar-refractivity contribution in [3.05, 3.63) is 0 Å². The van der Waals surface area contributed by atoms with Crippen LogP contribution in [-0.4, -0.2) is 77.9 Å². The molecule has 0 aliphatic carbocycles. The summed E-state index contributed by atoms with van der Waals surface area (Å²) >= 11 is 0. The zero-order chi connectivity index (χ0) is 14.9. The Hall–Kier alpha value is -0.200. The number of rotatable bonds is 16. The Labute approximate surface area is 124 Å². The number of hydrogen-bond acceptors (Lipinski definition) is 5. The normalized spacial score (nSPS) is 11.4. The zero-order valence-corrected chi connectivity index (χ0v) is 13.6. The van der Waals surface area contributed by atoms with Gasteiger partial charge in [-0.2, -0.15) is 0 Å². The van der Waals surface area contributed by atoms with Crippen LogP contribution in [0.4, 0.5) is 0 Å². The molecule has 0 spiro atoms. The van der Waals surface area contributed by atoms with Crippen molar-refractivity contribution in [2.45, 2.75) is 26.7 Å². The van der Waals surface area contributed by atoms with Crippen LogP contribution in [0, 0.1) is 0 Å². The van der Waals surface area contributed by atoms with Crippen LogP contribution in [-0.2, 0) is 18.9 Å². The Kier molecular flexibility index (Phi) is 16.7. The lowest BCUT2D eigenvalue weighted by Crippen LogP contribution is -2.23. The molecule has 0 saturated carbocycles. The van der Waals surface area contributed by atoms with Crippen LogP contribution >= 0.6 is 0 Å². The molecule has 0 saturated heterocycles. The van der Waals surface area contributed by atoms with Crippen LogP contribution in [0.1, 0.15) is 26.7 Å². The summed E-state index contributed by atoms with van der Waals surface area (Å²) in [5, 5.41) is 0. The van der Waals surface area contributed by atoms with Gasteiger partial charge in [0, 0.05) is 13.2 Å². The summed E-state index contributed by atoms with van der Waals surface area (Å²) in [5.74, 6) is 0. The maximum absolute atomic E-state index is 5.46. The second-order valence-electron chi connectivity index (χ2n) is 4.70. The van der Waals surface area contributed by atoms with Crippen molar-refractivity contribution in [3.8, 4) is 0 Å². The van der Waals surface area contributed by atoms with E-state index in [1.165, 1.54) is 6.42 Å². The van der Waals surface area contributed by atoms with Crippen LogP contribution in [0.3, 0.4) is 0 Å². The molecule has 0 heterocycles. The van der Waals surface area contributed by atoms with E-state index >= 15 is 0 Å². The summed E-state index contributed by atoms with van der Waals surface area (Å²) in [5.41, 5.74) is 0. The quantitative estimate of drug-likeness (QED) is 0.406. The van der Waals surface area contributed by atoms with Gasteiger partial charge >= 0.3 is 0 Å². The first kappa shape index (κ1) is 19.8. The van der Waals surface area contributed by atoms with Crippen molar-refractivity contribution in [1.82, 2.24) is 4.90 Å². The van der Waals surface area contributed by atoms with Gasteiger partial charge in [-0.1, -0.05) is 20.3 Å². The lowest BCUT2D eigenvalue weighted by Gasteiger charge is -2.13. The monoisotopic (exact) mass is 291 g/mol. The summed E-state index contributed by atoms with van der Waals surface area (Å²) < 4.78 is 21.6. The van der Waals surface area contributed by atoms with Gasteiger partial charge in [0.25, 0.3) is 0 Å². The van der Waals surface area contributed by atoms with Crippen LogP contribution in [0.5, 0.6) is 0 Å². The van der Waals surface area contributed by atoms with E-state index in [0.29, 0.717) is 39.6 Å². The number of hydrogen-bond donors (Lipinski definition) is 0. The van der Waals surface area contributed by atoms with E-state index in [1.807, 2.05) is 0 Å². The van der Waals surface area contributed by atoms with E-state index in [-0.39, 0.29) is 0 Å². The minimum atomic E-state index is 0.618. The van der Waals surface area contributed by atoms with E-state index in [0.717, 1.165) is 32.7 Å². The standard InChI is InChI=1S/C15H33NO4/c1-4-6-8-17-10-12-19-14-15-20-13-11-18-9-7-16(3)5-2/h4-15H2,1-3H3. The fourth-order valence-corrected chi connectivity index (χ4v) is 1.39. The molecule has 5 heteroatoms. The highest BCUT2D eigenvalue weighted by Crippen LogP contribution is 1.88. The Balaban J connectivity index is 2.96. The molecule has 0 aliphatic heterocycles. The van der Waals surface area contributed by atoms with E-state index in [4.69, 9.17) is 18.9 Å². The third kappa shape index (κ3) is 15.9. The van der Waals surface area contributed by atoms with Gasteiger partial charge in [-0.05, 0) is 20.0 Å². The van der Waals surface area contributed by atoms with E-state index in [1.54, 1.807) is 0 Å². The molecule has 122 valence electrons. The summed E-state index contributed by atoms with van der Waals surface area (Å²) in [6, 6.07) is 0. The van der Waals surface area contributed by atoms with Gasteiger partial charge in [-0.25, -0.2) is 0 Å². The molecule has 0 aliphatic rings. The molecule has 0 rings (SSSR count). The van der Waals surface area contributed by atoms with Crippen molar-refractivity contribution in [2.75, 3.05) is 73.0 Å². The van der Waals surface area contributed by atoms with Gasteiger partial charge in [0.05, 0.1) is 46.2 Å². The molecule has 0 fully saturated rings. The van der Waals surface area contributed by atoms with Crippen molar-refractivity contribution in [1.29, 1.82) is 0 Å². The molecule has 0 aromatic carbocycles. The molecule has 5 nitrogen and oxygen atoms in total. The summed E-state index contributed by atoms with van der Waals surface area (Å²) in [6.07, 6.45) is 2.29. The van der Waals surface area contributed by atoms with Gasteiger partial charge < -0.3 is 23.8 Å². The van der Waals surface area contributed by atoms with Crippen molar-refractivity contribution < 1.29 is 18.9 Å². The van der Waals surface area contributed by atoms with Gasteiger partial charge in [-0.3, -0.25) is 0 Å². The number of nitrogens with zero attached hydrogens (tertiary/aromatic N) is 1. The molecular formula is C15H33NO4. The Morgan fingerprint density at radius 1 is 0.650 bits per heavy atom. The Morgan fingerprint density at radius 3 is 1.55 bits per heavy atom. The molecule has 0 amide bonds. The predicted octanol–water partition coefficient (Wildman–Crippen LogP) is 1.80. The maximum atomic E-state index is 5.46. The molecule has 0 atom stereocenters. The molecule has 0 bridgehead atoms. The third-order valence-corrected chi connectivity index (χ3v) is 2.92. The summed E-state index contributed by atoms with van der Waals surface area (Å²) in [6.45, 7) is 11.8. The Bertz CT molecular complexity index is 181. The van der Waals surface area contributed by atoms with Crippen LogP contribution in [0.15, 0.2) is 0 Å². The molecular weight excluding hydrogens is 258 g/mol. The van der Waals surface area contributed by atoms with Crippen LogP contribution in [0.2, 0.25) is 0 Å². The molecule has 20 heavy (non-hydrogen) atoms. The second-order valence-corrected chi connectivity index (χ2v) is 4.70. The average Bonchev–Trinajstić information content (AvgIpc) is 2.47. The minimum Gasteiger partial charge on any atom is -0.379 e. The van der Waals surface area contributed by atoms with Gasteiger partial charge in [-0.15, -0.1) is 0 Å². The first-order chi connectivity index (χ1) is 9.81. The Morgan fingerprint density at radius 2 is 1.10 bits per heavy atom. The first-order valence-corrected chi connectivity index (χ1v) is 7.80. The lowest BCUT2D eigenvalue weighted by atomic mass is 10.4. The lowest BCUT2D eigenvalue weighted by molar-refractivity contribution is -0.00347. The highest BCUT2D eigenvalue weighted by Gasteiger charge is 1.95. The average molecular weight is 291 g/mol. The number of likely N-dealkylation sites (N-methyl/N-ethyl adjacent to an activating group) is 1. The fourth-order valence-electron chi connectivity index (χ4n) is 1.39. The minimum absolute atomic E-state index is 0.618. The number of unbranched alkanes of at least 4 members (excludes halogenated alkanes) is 1. The maximum Gasteiger partial charge on any atom is 0.0701 e. The second kappa shape index (κ2) is 16.9. The van der Waals surface area contributed by atoms with E-state index in [2.05, 4.69) is 25.8 Å². The van der Waals surface area contributed by atoms with Crippen molar-refractivity contribution in [2.24, 2.45) is 0 Å². The van der Waals surface area contributed by atoms with Crippen molar-refractivity contribution >= 4 is 0 Å². The van der Waals surface area contributed by atoms with E-state index in [9.17, 15) is 0 Å². The van der Waals surface area contributed by atoms with Gasteiger partial charge in [0.15, 0.2) is 0 Å². The fraction of sp³-hybridized carbons (Fsp3) is 1.00. The SMILES string of the molecule is CCCCOCCOCCOCCOCCN(C)CC. The highest BCUT2D eigenvalue weighted by molar-refractivity contribution is 4.45.